The van der Waals surface area contributed by atoms with Gasteiger partial charge in [0.05, 0.1) is 183 Å². The number of carbonyl (C=O) groups excluding carboxylic acids is 7. The van der Waals surface area contributed by atoms with Crippen LogP contribution in [-0.2, 0) is 102 Å². The summed E-state index contributed by atoms with van der Waals surface area (Å²) in [4.78, 5) is 133. The molecule has 9 rings (SSSR count). The monoisotopic (exact) mass is 2010 g/mol. The number of esters is 1. The van der Waals surface area contributed by atoms with E-state index in [-0.39, 0.29) is 92.8 Å². The van der Waals surface area contributed by atoms with Crippen molar-refractivity contribution in [2.24, 2.45) is 10.8 Å². The van der Waals surface area contributed by atoms with E-state index in [9.17, 15) is 48.3 Å². The number of methoxy groups -OCH3 is 1. The zero-order valence-corrected chi connectivity index (χ0v) is 84.6. The third-order valence-electron chi connectivity index (χ3n) is 26.2. The van der Waals surface area contributed by atoms with Crippen LogP contribution in [0, 0.1) is 29.4 Å². The lowest BCUT2D eigenvalue weighted by Gasteiger charge is -2.47. The Balaban J connectivity index is 0.519. The van der Waals surface area contributed by atoms with Crippen molar-refractivity contribution in [2.45, 2.75) is 207 Å². The Morgan fingerprint density at radius 2 is 1.06 bits per heavy atom. The topological polar surface area (TPSA) is 423 Å². The van der Waals surface area contributed by atoms with Crippen molar-refractivity contribution in [3.05, 3.63) is 125 Å². The minimum absolute atomic E-state index is 0.0346. The Morgan fingerprint density at radius 1 is 0.545 bits per heavy atom. The van der Waals surface area contributed by atoms with Gasteiger partial charge < -0.3 is 107 Å². The number of rotatable bonds is 76. The van der Waals surface area contributed by atoms with Crippen molar-refractivity contribution < 1.29 is 128 Å². The third-order valence-corrected chi connectivity index (χ3v) is 26.2. The minimum atomic E-state index is -1.47. The number of anilines is 2. The van der Waals surface area contributed by atoms with Crippen LogP contribution in [0.25, 0.3) is 33.5 Å². The summed E-state index contributed by atoms with van der Waals surface area (Å²) in [5.41, 5.74) is 2.86. The van der Waals surface area contributed by atoms with Crippen LogP contribution in [0.4, 0.5) is 25.0 Å². The van der Waals surface area contributed by atoms with E-state index < -0.39 is 70.9 Å². The van der Waals surface area contributed by atoms with Gasteiger partial charge in [0, 0.05) is 79.9 Å². The highest BCUT2D eigenvalue weighted by Crippen LogP contribution is 2.43. The van der Waals surface area contributed by atoms with Gasteiger partial charge in [-0.25, -0.2) is 23.5 Å². The van der Waals surface area contributed by atoms with Crippen molar-refractivity contribution in [3.8, 4) is 28.3 Å². The summed E-state index contributed by atoms with van der Waals surface area (Å²) in [6.07, 6.45) is 24.1. The molecule has 3 saturated heterocycles. The van der Waals surface area contributed by atoms with Crippen molar-refractivity contribution >= 4 is 75.9 Å². The maximum atomic E-state index is 16.0. The average Bonchev–Trinajstić information content (AvgIpc) is 1.66. The first-order valence-corrected chi connectivity index (χ1v) is 51.2. The number of imide groups is 1. The second-order valence-electron chi connectivity index (χ2n) is 37.0. The lowest BCUT2D eigenvalue weighted by atomic mass is 9.71. The fourth-order valence-electron chi connectivity index (χ4n) is 17.6. The Morgan fingerprint density at radius 3 is 1.57 bits per heavy atom. The Bertz CT molecular complexity index is 4840. The first-order valence-electron chi connectivity index (χ1n) is 51.2. The number of aromatic nitrogens is 3. The minimum Gasteiger partial charge on any atom is -0.495 e. The molecule has 7 N–H and O–H groups in total. The zero-order valence-electron chi connectivity index (χ0n) is 84.6. The molecule has 4 aromatic carbocycles. The molecule has 1 unspecified atom stereocenters. The van der Waals surface area contributed by atoms with Crippen LogP contribution in [-0.4, -0.2) is 306 Å². The summed E-state index contributed by atoms with van der Waals surface area (Å²) >= 11 is 0. The number of H-pyrrole nitrogens is 1. The quantitative estimate of drug-likeness (QED) is 0.0106. The zero-order chi connectivity index (χ0) is 102. The smallest absolute Gasteiger partial charge is 0.328 e. The highest BCUT2D eigenvalue weighted by Gasteiger charge is 2.45. The maximum Gasteiger partial charge on any atom is 0.328 e. The number of benzene rings is 4. The third kappa shape index (κ3) is 41.4. The van der Waals surface area contributed by atoms with E-state index >= 15 is 8.78 Å². The van der Waals surface area contributed by atoms with Gasteiger partial charge in [0.25, 0.3) is 11.8 Å². The number of halogens is 2. The molecule has 0 bridgehead atoms. The fourth-order valence-corrected chi connectivity index (χ4v) is 17.6. The van der Waals surface area contributed by atoms with E-state index in [0.29, 0.717) is 222 Å². The highest BCUT2D eigenvalue weighted by molar-refractivity contribution is 6.08. The normalized spacial score (nSPS) is 14.4. The molecule has 1 atom stereocenters. The predicted molar refractivity (Wildman–Crippen MR) is 535 cm³/mol. The average molecular weight is 2010 g/mol. The second-order valence-corrected chi connectivity index (χ2v) is 37.0. The largest absolute Gasteiger partial charge is 0.495 e. The van der Waals surface area contributed by atoms with E-state index in [1.807, 2.05) is 11.0 Å². The number of piperidine rings is 2. The maximum absolute atomic E-state index is 16.0. The number of carbonyl (C=O) groups is 9. The number of carboxylic acids is 2. The van der Waals surface area contributed by atoms with Crippen molar-refractivity contribution in [3.63, 3.8) is 0 Å². The molecule has 0 radical (unpaired) electrons. The van der Waals surface area contributed by atoms with E-state index in [0.717, 1.165) is 133 Å². The van der Waals surface area contributed by atoms with Gasteiger partial charge in [-0.05, 0) is 161 Å². The second kappa shape index (κ2) is 65.4. The summed E-state index contributed by atoms with van der Waals surface area (Å²) in [5, 5.41) is 30.4. The summed E-state index contributed by atoms with van der Waals surface area (Å²) in [5.74, 6) is -5.94. The summed E-state index contributed by atoms with van der Waals surface area (Å²) in [6, 6.07) is 21.1. The molecular weight excluding hydrogens is 1850 g/mol. The molecule has 7 amide bonds. The van der Waals surface area contributed by atoms with E-state index in [2.05, 4.69) is 72.3 Å². The highest BCUT2D eigenvalue weighted by atomic mass is 19.1. The van der Waals surface area contributed by atoms with E-state index in [1.165, 1.54) is 74.2 Å². The predicted octanol–water partition coefficient (Wildman–Crippen LogP) is 14.7. The molecule has 3 aliphatic heterocycles. The molecule has 1 spiro atoms. The molecule has 3 fully saturated rings. The molecule has 792 valence electrons. The van der Waals surface area contributed by atoms with Gasteiger partial charge in [0.15, 0.2) is 0 Å². The number of nitrogens with zero attached hydrogens (tertiary/aromatic N) is 5. The molecule has 143 heavy (non-hydrogen) atoms. The molecule has 3 aliphatic rings. The molecule has 35 nitrogen and oxygen atoms in total. The van der Waals surface area contributed by atoms with E-state index in [1.54, 1.807) is 39.0 Å². The SMILES string of the molecule is CCCCCCCCCCCC(CCCCCCCCCCC(=O)O)(C(=O)O)C(=O)NCCOCCOCCOCCOCCOCCOCCOCCOCCOCCOCCOCCOCCC(=O)NCC(=O)OC(C)(C)c1ccc(C(=O)Nc2cc(F)cc(-c3ncnc4[nH]c(-c5ccc(CCN6CCC7(CC6)CCN(C(=O)c6ccc(OC)c(N8CCC(=O)NC8=O)c6)CC7)cc5)cc34)c2C)c(F)c1. The van der Waals surface area contributed by atoms with Gasteiger partial charge in [-0.3, -0.25) is 48.6 Å². The summed E-state index contributed by atoms with van der Waals surface area (Å²) < 4.78 is 110. The number of unbranched alkanes of at least 4 members (excludes halogenated alkanes) is 15. The molecule has 0 saturated carbocycles. The number of ether oxygens (including phenoxy) is 14. The summed E-state index contributed by atoms with van der Waals surface area (Å²) in [7, 11) is 1.50. The number of fused-ring (bicyclic) bond motifs is 1. The van der Waals surface area contributed by atoms with Crippen LogP contribution in [0.15, 0.2) is 85.2 Å². The van der Waals surface area contributed by atoms with Crippen molar-refractivity contribution in [1.82, 2.24) is 40.7 Å². The molecule has 2 aromatic heterocycles. The van der Waals surface area contributed by atoms with Gasteiger partial charge >= 0.3 is 23.9 Å². The molecule has 5 heterocycles. The molecule has 37 heteroatoms. The fraction of sp³-hybridized carbons (Fsp3) is 0.632. The Hall–Kier alpha value is -10.1. The number of amides is 7. The van der Waals surface area contributed by atoms with Crippen molar-refractivity contribution in [1.29, 1.82) is 0 Å². The van der Waals surface area contributed by atoms with Gasteiger partial charge in [-0.2, -0.15) is 0 Å². The van der Waals surface area contributed by atoms with Crippen LogP contribution in [0.2, 0.25) is 0 Å². The number of aromatic amines is 1. The standard InChI is InChI=1S/C106H154F2N10O25/c1-6-7-8-9-10-12-15-18-21-35-106(102(127)128,36-22-19-16-13-11-14-17-20-23-95(121)122)101(126)109-41-49-132-51-53-134-55-57-136-59-61-138-63-65-140-67-69-142-71-70-141-68-66-139-64-62-137-60-58-135-56-54-133-52-50-131-48-34-93(119)110-77-96(123)143-104(3,4)83-29-30-85(88(108)73-83)99(124)114-89-75-84(107)74-86(79(89)2)97-87-76-90(113-98(87)112-78-111-97)81-26-24-80(25-27-81)32-42-116-44-37-105(38-45-116)39-46-117(47-40-105)100(125)82-28-31-92(130-5)91(72-82)118-43-33-94(120)115-103(118)129/h24-31,72-76,78H,6-23,32-71,77H2,1-5H3,(H,109,126)(H,110,119)(H,114,124)(H,121,122)(H,127,128)(H,111,112,113)(H,115,120,129). The number of likely N-dealkylation sites (tertiary alicyclic amines) is 2. The first-order chi connectivity index (χ1) is 69.4. The lowest BCUT2D eigenvalue weighted by molar-refractivity contribution is -0.158. The number of urea groups is 1. The van der Waals surface area contributed by atoms with Crippen LogP contribution in [0.1, 0.15) is 225 Å². The first kappa shape index (κ1) is 116. The van der Waals surface area contributed by atoms with Crippen LogP contribution >= 0.6 is 0 Å². The molecule has 0 aliphatic carbocycles. The van der Waals surface area contributed by atoms with Crippen LogP contribution < -0.4 is 30.9 Å². The molecular formula is C106H154F2N10O25. The van der Waals surface area contributed by atoms with Gasteiger partial charge in [-0.1, -0.05) is 140 Å². The van der Waals surface area contributed by atoms with Crippen LogP contribution in [0.5, 0.6) is 5.75 Å². The van der Waals surface area contributed by atoms with Gasteiger partial charge in [-0.15, -0.1) is 0 Å². The number of carboxylic acid groups (broad SMARTS) is 2. The van der Waals surface area contributed by atoms with Crippen molar-refractivity contribution in [2.75, 3.05) is 228 Å². The van der Waals surface area contributed by atoms with E-state index in [4.69, 9.17) is 71.4 Å². The van der Waals surface area contributed by atoms with Crippen LogP contribution in [0.3, 0.4) is 0 Å². The number of nitrogens with one attached hydrogen (secondary N) is 5. The van der Waals surface area contributed by atoms with Gasteiger partial charge in [0.1, 0.15) is 46.9 Å². The van der Waals surface area contributed by atoms with Gasteiger partial charge in [0.2, 0.25) is 17.7 Å². The lowest BCUT2D eigenvalue weighted by Crippen LogP contribution is -2.50. The number of hydrogen-bond acceptors (Lipinski definition) is 26. The number of aliphatic carboxylic acids is 2. The number of hydrogen-bond donors (Lipinski definition) is 7. The Kier molecular flexibility index (Phi) is 53.2. The Labute approximate surface area is 839 Å². The summed E-state index contributed by atoms with van der Waals surface area (Å²) in [6.45, 7) is 19.7. The molecule has 6 aromatic rings.